The zero-order chi connectivity index (χ0) is 6.69. The van der Waals surface area contributed by atoms with Crippen LogP contribution in [0.2, 0.25) is 0 Å². The summed E-state index contributed by atoms with van der Waals surface area (Å²) >= 11 is 0. The van der Waals surface area contributed by atoms with E-state index in [4.69, 9.17) is 4.74 Å². The second kappa shape index (κ2) is 3.21. The van der Waals surface area contributed by atoms with Crippen LogP contribution in [0.1, 0.15) is 33.1 Å². The van der Waals surface area contributed by atoms with Crippen molar-refractivity contribution in [2.75, 3.05) is 6.61 Å². The molecule has 0 saturated carbocycles. The van der Waals surface area contributed by atoms with Crippen LogP contribution in [-0.2, 0) is 4.74 Å². The smallest absolute Gasteiger partial charge is 0.0601 e. The van der Waals surface area contributed by atoms with Gasteiger partial charge in [-0.05, 0) is 18.8 Å². The van der Waals surface area contributed by atoms with Crippen molar-refractivity contribution in [3.05, 3.63) is 0 Å². The van der Waals surface area contributed by atoms with Crippen molar-refractivity contribution in [2.24, 2.45) is 5.92 Å². The molecule has 0 aromatic rings. The van der Waals surface area contributed by atoms with E-state index in [2.05, 4.69) is 13.8 Å². The zero-order valence-electron chi connectivity index (χ0n) is 6.39. The molecule has 1 heteroatoms. The molecule has 0 bridgehead atoms. The number of rotatable bonds is 2. The average molecular weight is 128 g/mol. The van der Waals surface area contributed by atoms with Gasteiger partial charge in [-0.25, -0.2) is 0 Å². The molecule has 0 N–H and O–H groups in total. The van der Waals surface area contributed by atoms with Crippen molar-refractivity contribution in [1.29, 1.82) is 0 Å². The first kappa shape index (κ1) is 7.07. The lowest BCUT2D eigenvalue weighted by atomic mass is 10.0. The normalized spacial score (nSPS) is 35.3. The predicted octanol–water partition coefficient (Wildman–Crippen LogP) is 2.21. The lowest BCUT2D eigenvalue weighted by molar-refractivity contribution is 0.0865. The van der Waals surface area contributed by atoms with E-state index in [1.165, 1.54) is 19.3 Å². The molecule has 1 aliphatic rings. The van der Waals surface area contributed by atoms with Crippen molar-refractivity contribution in [3.8, 4) is 0 Å². The molecule has 1 heterocycles. The standard InChI is InChI=1S/C8H16O/c1-3-4-8-7(2)5-6-9-8/h7-8H,3-6H2,1-2H3/t7-,8?/m1/s1. The minimum absolute atomic E-state index is 0.579. The van der Waals surface area contributed by atoms with Crippen LogP contribution in [0.15, 0.2) is 0 Å². The fraction of sp³-hybridized carbons (Fsp3) is 1.00. The van der Waals surface area contributed by atoms with Crippen molar-refractivity contribution >= 4 is 0 Å². The SMILES string of the molecule is CCCC1OCC[C@H]1C. The summed E-state index contributed by atoms with van der Waals surface area (Å²) in [6, 6.07) is 0. The summed E-state index contributed by atoms with van der Waals surface area (Å²) in [4.78, 5) is 0. The number of ether oxygens (including phenoxy) is 1. The summed E-state index contributed by atoms with van der Waals surface area (Å²) < 4.78 is 5.51. The van der Waals surface area contributed by atoms with E-state index in [-0.39, 0.29) is 0 Å². The number of hydrogen-bond donors (Lipinski definition) is 0. The van der Waals surface area contributed by atoms with Crippen LogP contribution in [0.4, 0.5) is 0 Å². The first-order valence-electron chi connectivity index (χ1n) is 3.96. The summed E-state index contributed by atoms with van der Waals surface area (Å²) in [5.74, 6) is 0.810. The Morgan fingerprint density at radius 2 is 2.33 bits per heavy atom. The Kier molecular flexibility index (Phi) is 2.52. The van der Waals surface area contributed by atoms with Gasteiger partial charge in [0.05, 0.1) is 6.10 Å². The van der Waals surface area contributed by atoms with Gasteiger partial charge in [0.25, 0.3) is 0 Å². The van der Waals surface area contributed by atoms with E-state index >= 15 is 0 Å². The highest BCUT2D eigenvalue weighted by atomic mass is 16.5. The Morgan fingerprint density at radius 3 is 2.78 bits per heavy atom. The summed E-state index contributed by atoms with van der Waals surface area (Å²) in [5.41, 5.74) is 0. The van der Waals surface area contributed by atoms with Crippen LogP contribution >= 0.6 is 0 Å². The molecule has 1 saturated heterocycles. The van der Waals surface area contributed by atoms with E-state index < -0.39 is 0 Å². The Morgan fingerprint density at radius 1 is 1.56 bits per heavy atom. The fourth-order valence-electron chi connectivity index (χ4n) is 1.41. The third-order valence-electron chi connectivity index (χ3n) is 2.11. The third-order valence-corrected chi connectivity index (χ3v) is 2.11. The van der Waals surface area contributed by atoms with Crippen LogP contribution in [0.5, 0.6) is 0 Å². The minimum Gasteiger partial charge on any atom is -0.378 e. The van der Waals surface area contributed by atoms with E-state index in [0.29, 0.717) is 6.10 Å². The zero-order valence-corrected chi connectivity index (χ0v) is 6.39. The van der Waals surface area contributed by atoms with Gasteiger partial charge < -0.3 is 4.74 Å². The van der Waals surface area contributed by atoms with Crippen LogP contribution in [0, 0.1) is 5.92 Å². The summed E-state index contributed by atoms with van der Waals surface area (Å²) in [5, 5.41) is 0. The van der Waals surface area contributed by atoms with Gasteiger partial charge in [-0.15, -0.1) is 0 Å². The van der Waals surface area contributed by atoms with E-state index in [9.17, 15) is 0 Å². The lowest BCUT2D eigenvalue weighted by Gasteiger charge is -2.11. The van der Waals surface area contributed by atoms with Gasteiger partial charge in [0, 0.05) is 6.61 Å². The summed E-state index contributed by atoms with van der Waals surface area (Å²) in [7, 11) is 0. The second-order valence-electron chi connectivity index (χ2n) is 2.96. The maximum Gasteiger partial charge on any atom is 0.0601 e. The van der Waals surface area contributed by atoms with Gasteiger partial charge >= 0.3 is 0 Å². The molecule has 0 aromatic carbocycles. The molecule has 1 nitrogen and oxygen atoms in total. The lowest BCUT2D eigenvalue weighted by Crippen LogP contribution is -2.11. The first-order chi connectivity index (χ1) is 4.34. The van der Waals surface area contributed by atoms with Gasteiger partial charge in [0.1, 0.15) is 0 Å². The maximum absolute atomic E-state index is 5.51. The Hall–Kier alpha value is -0.0400. The highest BCUT2D eigenvalue weighted by molar-refractivity contribution is 4.71. The van der Waals surface area contributed by atoms with E-state index in [1.807, 2.05) is 0 Å². The molecule has 0 radical (unpaired) electrons. The Bertz CT molecular complexity index is 80.6. The second-order valence-corrected chi connectivity index (χ2v) is 2.96. The molecule has 54 valence electrons. The van der Waals surface area contributed by atoms with Crippen molar-refractivity contribution < 1.29 is 4.74 Å². The average Bonchev–Trinajstić information content (AvgIpc) is 2.18. The predicted molar refractivity (Wildman–Crippen MR) is 38.4 cm³/mol. The topological polar surface area (TPSA) is 9.23 Å². The molecule has 1 rings (SSSR count). The maximum atomic E-state index is 5.51. The van der Waals surface area contributed by atoms with Gasteiger partial charge in [-0.3, -0.25) is 0 Å². The van der Waals surface area contributed by atoms with Crippen molar-refractivity contribution in [1.82, 2.24) is 0 Å². The number of hydrogen-bond acceptors (Lipinski definition) is 1. The highest BCUT2D eigenvalue weighted by Crippen LogP contribution is 2.23. The highest BCUT2D eigenvalue weighted by Gasteiger charge is 2.22. The molecule has 0 amide bonds. The molecule has 1 aliphatic heterocycles. The van der Waals surface area contributed by atoms with Crippen molar-refractivity contribution in [2.45, 2.75) is 39.2 Å². The molecule has 2 atom stereocenters. The minimum atomic E-state index is 0.579. The van der Waals surface area contributed by atoms with Crippen LogP contribution in [-0.4, -0.2) is 12.7 Å². The molecule has 9 heavy (non-hydrogen) atoms. The molecular formula is C8H16O. The Labute approximate surface area is 57.4 Å². The monoisotopic (exact) mass is 128 g/mol. The third kappa shape index (κ3) is 1.68. The quantitative estimate of drug-likeness (QED) is 0.554. The van der Waals surface area contributed by atoms with Gasteiger partial charge in [-0.2, -0.15) is 0 Å². The summed E-state index contributed by atoms with van der Waals surface area (Å²) in [6.07, 6.45) is 4.36. The van der Waals surface area contributed by atoms with Crippen molar-refractivity contribution in [3.63, 3.8) is 0 Å². The molecule has 0 spiro atoms. The van der Waals surface area contributed by atoms with Crippen LogP contribution < -0.4 is 0 Å². The van der Waals surface area contributed by atoms with Crippen LogP contribution in [0.25, 0.3) is 0 Å². The largest absolute Gasteiger partial charge is 0.378 e. The molecule has 0 aliphatic carbocycles. The molecular weight excluding hydrogens is 112 g/mol. The van der Waals surface area contributed by atoms with E-state index in [0.717, 1.165) is 12.5 Å². The fourth-order valence-corrected chi connectivity index (χ4v) is 1.41. The van der Waals surface area contributed by atoms with Crippen LogP contribution in [0.3, 0.4) is 0 Å². The van der Waals surface area contributed by atoms with Gasteiger partial charge in [-0.1, -0.05) is 20.3 Å². The summed E-state index contributed by atoms with van der Waals surface area (Å²) in [6.45, 7) is 5.49. The molecule has 1 fully saturated rings. The van der Waals surface area contributed by atoms with E-state index in [1.54, 1.807) is 0 Å². The first-order valence-corrected chi connectivity index (χ1v) is 3.96. The van der Waals surface area contributed by atoms with Gasteiger partial charge in [0.15, 0.2) is 0 Å². The molecule has 1 unspecified atom stereocenters. The van der Waals surface area contributed by atoms with Gasteiger partial charge in [0.2, 0.25) is 0 Å². The molecule has 0 aromatic heterocycles. The Balaban J connectivity index is 2.22.